The zero-order chi connectivity index (χ0) is 10.2. The van der Waals surface area contributed by atoms with Crippen LogP contribution >= 0.6 is 0 Å². The molecule has 0 aliphatic carbocycles. The van der Waals surface area contributed by atoms with Crippen molar-refractivity contribution in [1.82, 2.24) is 0 Å². The van der Waals surface area contributed by atoms with Gasteiger partial charge >= 0.3 is 5.97 Å². The predicted octanol–water partition coefficient (Wildman–Crippen LogP) is 3.44. The fourth-order valence-electron chi connectivity index (χ4n) is 1.75. The second-order valence-electron chi connectivity index (χ2n) is 4.19. The van der Waals surface area contributed by atoms with E-state index in [1.54, 1.807) is 0 Å². The Bertz CT molecular complexity index is 166. The smallest absolute Gasteiger partial charge is 0.348 e. The summed E-state index contributed by atoms with van der Waals surface area (Å²) < 4.78 is 4.74. The Morgan fingerprint density at radius 2 is 1.50 bits per heavy atom. The van der Waals surface area contributed by atoms with E-state index in [2.05, 4.69) is 6.92 Å². The maximum Gasteiger partial charge on any atom is 0.348 e. The normalized spacial score (nSPS) is 19.5. The second kappa shape index (κ2) is 6.86. The molecule has 0 saturated carbocycles. The molecule has 1 fully saturated rings. The van der Waals surface area contributed by atoms with Crippen LogP contribution in [0.1, 0.15) is 64.7 Å². The maximum atomic E-state index is 10.5. The Balaban J connectivity index is 1.70. The molecule has 1 saturated heterocycles. The van der Waals surface area contributed by atoms with Crippen LogP contribution in [0, 0.1) is 0 Å². The minimum Gasteiger partial charge on any atom is -0.448 e. The van der Waals surface area contributed by atoms with Crippen molar-refractivity contribution in [1.29, 1.82) is 0 Å². The van der Waals surface area contributed by atoms with Crippen molar-refractivity contribution >= 4 is 5.97 Å². The molecule has 1 rings (SSSR count). The lowest BCUT2D eigenvalue weighted by Gasteiger charge is -1.99. The second-order valence-corrected chi connectivity index (χ2v) is 4.19. The number of ether oxygens (including phenoxy) is 1. The molecule has 0 aromatic heterocycles. The Morgan fingerprint density at radius 1 is 1.00 bits per heavy atom. The van der Waals surface area contributed by atoms with Gasteiger partial charge in [0.1, 0.15) is 0 Å². The van der Waals surface area contributed by atoms with E-state index >= 15 is 0 Å². The van der Waals surface area contributed by atoms with E-state index in [4.69, 9.17) is 4.74 Å². The molecular weight excluding hydrogens is 176 g/mol. The van der Waals surface area contributed by atoms with Crippen molar-refractivity contribution in [2.45, 2.75) is 70.8 Å². The molecule has 1 heterocycles. The van der Waals surface area contributed by atoms with Gasteiger partial charge in [0.15, 0.2) is 6.10 Å². The van der Waals surface area contributed by atoms with Crippen molar-refractivity contribution in [2.75, 3.05) is 0 Å². The molecule has 2 heteroatoms. The van der Waals surface area contributed by atoms with Crippen molar-refractivity contribution < 1.29 is 9.53 Å². The molecule has 0 aromatic carbocycles. The highest BCUT2D eigenvalue weighted by atomic mass is 16.6. The van der Waals surface area contributed by atoms with Crippen LogP contribution in [0.25, 0.3) is 0 Å². The van der Waals surface area contributed by atoms with Crippen LogP contribution < -0.4 is 0 Å². The van der Waals surface area contributed by atoms with Crippen LogP contribution in [0.2, 0.25) is 0 Å². The molecule has 2 nitrogen and oxygen atoms in total. The zero-order valence-corrected chi connectivity index (χ0v) is 9.26. The van der Waals surface area contributed by atoms with Crippen molar-refractivity contribution in [2.24, 2.45) is 0 Å². The van der Waals surface area contributed by atoms with E-state index in [1.807, 2.05) is 0 Å². The molecule has 0 bridgehead atoms. The summed E-state index contributed by atoms with van der Waals surface area (Å²) in [4.78, 5) is 10.5. The summed E-state index contributed by atoms with van der Waals surface area (Å²) in [6.45, 7) is 2.24. The Morgan fingerprint density at radius 3 is 2.00 bits per heavy atom. The van der Waals surface area contributed by atoms with Gasteiger partial charge in [0.2, 0.25) is 0 Å². The number of unbranched alkanes of at least 4 members (excludes halogenated alkanes) is 7. The first-order chi connectivity index (χ1) is 6.84. The summed E-state index contributed by atoms with van der Waals surface area (Å²) in [5.41, 5.74) is 0. The first kappa shape index (κ1) is 11.5. The van der Waals surface area contributed by atoms with E-state index in [0.29, 0.717) is 0 Å². The Kier molecular flexibility index (Phi) is 5.65. The van der Waals surface area contributed by atoms with Gasteiger partial charge in [0.25, 0.3) is 0 Å². The van der Waals surface area contributed by atoms with Gasteiger partial charge in [0.05, 0.1) is 0 Å². The zero-order valence-electron chi connectivity index (χ0n) is 9.26. The summed E-state index contributed by atoms with van der Waals surface area (Å²) in [6.07, 6.45) is 11.5. The van der Waals surface area contributed by atoms with Crippen LogP contribution in [0.3, 0.4) is 0 Å². The summed E-state index contributed by atoms with van der Waals surface area (Å²) in [7, 11) is 0. The summed E-state index contributed by atoms with van der Waals surface area (Å²) >= 11 is 0. The van der Waals surface area contributed by atoms with E-state index in [9.17, 15) is 4.79 Å². The van der Waals surface area contributed by atoms with Gasteiger partial charge in [-0.15, -0.1) is 0 Å². The van der Waals surface area contributed by atoms with Gasteiger partial charge in [0, 0.05) is 0 Å². The summed E-state index contributed by atoms with van der Waals surface area (Å²) in [5.74, 6) is 0.00736. The van der Waals surface area contributed by atoms with Crippen LogP contribution in [-0.4, -0.2) is 12.1 Å². The van der Waals surface area contributed by atoms with E-state index in [1.165, 1.54) is 44.9 Å². The third-order valence-electron chi connectivity index (χ3n) is 2.78. The standard InChI is InChI=1S/C12H22O2/c1-2-3-4-5-6-7-8-9-10-11-12(13)14-11/h11H,2-10H2,1H3. The molecule has 0 amide bonds. The maximum absolute atomic E-state index is 10.5. The molecule has 14 heavy (non-hydrogen) atoms. The average Bonchev–Trinajstić information content (AvgIpc) is 2.87. The van der Waals surface area contributed by atoms with Crippen LogP contribution in [0.5, 0.6) is 0 Å². The number of hydrogen-bond donors (Lipinski definition) is 0. The SMILES string of the molecule is CCCCCCCCCCC1OC1=O. The molecule has 0 spiro atoms. The number of rotatable bonds is 9. The van der Waals surface area contributed by atoms with Gasteiger partial charge in [-0.25, -0.2) is 4.79 Å². The topological polar surface area (TPSA) is 29.6 Å². The van der Waals surface area contributed by atoms with Gasteiger partial charge in [-0.1, -0.05) is 51.9 Å². The first-order valence-corrected chi connectivity index (χ1v) is 6.05. The van der Waals surface area contributed by atoms with Crippen LogP contribution in [0.15, 0.2) is 0 Å². The highest BCUT2D eigenvalue weighted by Gasteiger charge is 2.36. The molecule has 0 N–H and O–H groups in total. The predicted molar refractivity (Wildman–Crippen MR) is 57.1 cm³/mol. The van der Waals surface area contributed by atoms with E-state index < -0.39 is 0 Å². The first-order valence-electron chi connectivity index (χ1n) is 6.05. The fourth-order valence-corrected chi connectivity index (χ4v) is 1.75. The lowest BCUT2D eigenvalue weighted by molar-refractivity contribution is -0.117. The summed E-state index contributed by atoms with van der Waals surface area (Å²) in [5, 5.41) is 0. The molecule has 1 aliphatic rings. The van der Waals surface area contributed by atoms with Gasteiger partial charge in [-0.2, -0.15) is 0 Å². The minimum absolute atomic E-state index is 0.00736. The van der Waals surface area contributed by atoms with Gasteiger partial charge < -0.3 is 4.74 Å². The number of carbonyl (C=O) groups excluding carboxylic acids is 1. The van der Waals surface area contributed by atoms with E-state index in [0.717, 1.165) is 12.8 Å². The largest absolute Gasteiger partial charge is 0.448 e. The average molecular weight is 198 g/mol. The molecule has 82 valence electrons. The Hall–Kier alpha value is -0.530. The third kappa shape index (κ3) is 5.25. The molecule has 0 radical (unpaired) electrons. The Labute approximate surface area is 87.0 Å². The monoisotopic (exact) mass is 198 g/mol. The lowest BCUT2D eigenvalue weighted by atomic mass is 10.1. The quantitative estimate of drug-likeness (QED) is 0.419. The summed E-state index contributed by atoms with van der Waals surface area (Å²) in [6, 6.07) is 0. The molecule has 1 atom stereocenters. The molecule has 1 unspecified atom stereocenters. The molecule has 0 aromatic rings. The van der Waals surface area contributed by atoms with Crippen molar-refractivity contribution in [3.63, 3.8) is 0 Å². The third-order valence-corrected chi connectivity index (χ3v) is 2.78. The van der Waals surface area contributed by atoms with E-state index in [-0.39, 0.29) is 12.1 Å². The van der Waals surface area contributed by atoms with Crippen molar-refractivity contribution in [3.8, 4) is 0 Å². The molecule has 1 aliphatic heterocycles. The lowest BCUT2D eigenvalue weighted by Crippen LogP contribution is -1.88. The van der Waals surface area contributed by atoms with Crippen LogP contribution in [-0.2, 0) is 9.53 Å². The number of epoxide rings is 1. The molecular formula is C12H22O2. The highest BCUT2D eigenvalue weighted by molar-refractivity contribution is 5.87. The van der Waals surface area contributed by atoms with Gasteiger partial charge in [-0.3, -0.25) is 0 Å². The van der Waals surface area contributed by atoms with Crippen LogP contribution in [0.4, 0.5) is 0 Å². The number of cyclic esters (lactones) is 1. The number of hydrogen-bond acceptors (Lipinski definition) is 2. The fraction of sp³-hybridized carbons (Fsp3) is 0.917. The van der Waals surface area contributed by atoms with Gasteiger partial charge in [-0.05, 0) is 12.8 Å². The van der Waals surface area contributed by atoms with Crippen molar-refractivity contribution in [3.05, 3.63) is 0 Å². The minimum atomic E-state index is -0.0184. The number of carbonyl (C=O) groups is 1. The highest BCUT2D eigenvalue weighted by Crippen LogP contribution is 2.20.